The topological polar surface area (TPSA) is 115 Å². The fraction of sp³-hybridized carbons (Fsp3) is 0.429. The van der Waals surface area contributed by atoms with Gasteiger partial charge in [-0.2, -0.15) is 5.26 Å². The highest BCUT2D eigenvalue weighted by Crippen LogP contribution is 2.01. The minimum absolute atomic E-state index is 0.0487. The van der Waals surface area contributed by atoms with Gasteiger partial charge in [-0.1, -0.05) is 0 Å². The molecule has 112 valence electrons. The summed E-state index contributed by atoms with van der Waals surface area (Å²) >= 11 is 0. The summed E-state index contributed by atoms with van der Waals surface area (Å²) in [5, 5.41) is 23.0. The maximum absolute atomic E-state index is 11.6. The molecule has 1 aromatic rings. The Kier molecular flexibility index (Phi) is 6.84. The molecule has 7 heteroatoms. The summed E-state index contributed by atoms with van der Waals surface area (Å²) in [6.07, 6.45) is 2.44. The van der Waals surface area contributed by atoms with E-state index in [4.69, 9.17) is 10.4 Å². The molecule has 1 unspecified atom stereocenters. The Morgan fingerprint density at radius 2 is 2.29 bits per heavy atom. The lowest BCUT2D eigenvalue weighted by Gasteiger charge is -2.12. The van der Waals surface area contributed by atoms with Crippen LogP contribution in [0.15, 0.2) is 18.3 Å². The zero-order valence-electron chi connectivity index (χ0n) is 11.8. The third-order valence-electron chi connectivity index (χ3n) is 2.75. The molecule has 0 fully saturated rings. The lowest BCUT2D eigenvalue weighted by molar-refractivity contribution is -0.120. The van der Waals surface area contributed by atoms with Gasteiger partial charge in [0.25, 0.3) is 0 Å². The predicted octanol–water partition coefficient (Wildman–Crippen LogP) is 0.678. The number of hydrogen-bond donors (Lipinski definition) is 3. The Morgan fingerprint density at radius 1 is 1.52 bits per heavy atom. The number of carboxylic acids is 1. The largest absolute Gasteiger partial charge is 0.478 e. The molecule has 7 nitrogen and oxygen atoms in total. The molecule has 0 spiro atoms. The van der Waals surface area contributed by atoms with E-state index in [-0.39, 0.29) is 24.1 Å². The smallest absolute Gasteiger partial charge is 0.335 e. The van der Waals surface area contributed by atoms with Gasteiger partial charge in [-0.25, -0.2) is 4.79 Å². The summed E-state index contributed by atoms with van der Waals surface area (Å²) < 4.78 is 0. The third-order valence-corrected chi connectivity index (χ3v) is 2.75. The van der Waals surface area contributed by atoms with Crippen LogP contribution in [0.5, 0.6) is 0 Å². The van der Waals surface area contributed by atoms with Crippen molar-refractivity contribution >= 4 is 11.9 Å². The highest BCUT2D eigenvalue weighted by Gasteiger charge is 2.07. The molecule has 0 radical (unpaired) electrons. The highest BCUT2D eigenvalue weighted by molar-refractivity contribution is 5.87. The number of carbonyl (C=O) groups is 2. The molecule has 1 amide bonds. The number of carbonyl (C=O) groups excluding carboxylic acids is 1. The fourth-order valence-electron chi connectivity index (χ4n) is 1.69. The molecular weight excluding hydrogens is 272 g/mol. The normalized spacial score (nSPS) is 11.4. The second-order valence-electron chi connectivity index (χ2n) is 4.61. The summed E-state index contributed by atoms with van der Waals surface area (Å²) in [7, 11) is 0. The van der Waals surface area contributed by atoms with Gasteiger partial charge in [0.2, 0.25) is 5.91 Å². The van der Waals surface area contributed by atoms with Gasteiger partial charge in [-0.3, -0.25) is 9.78 Å². The second-order valence-corrected chi connectivity index (χ2v) is 4.61. The van der Waals surface area contributed by atoms with E-state index in [9.17, 15) is 9.59 Å². The third kappa shape index (κ3) is 6.49. The van der Waals surface area contributed by atoms with Crippen molar-refractivity contribution in [3.8, 4) is 6.07 Å². The van der Waals surface area contributed by atoms with Crippen LogP contribution >= 0.6 is 0 Å². The molecule has 0 bridgehead atoms. The first-order valence-corrected chi connectivity index (χ1v) is 6.58. The molecule has 0 aliphatic heterocycles. The number of carboxylic acid groups (broad SMARTS) is 1. The van der Waals surface area contributed by atoms with E-state index in [2.05, 4.69) is 15.6 Å². The van der Waals surface area contributed by atoms with Crippen molar-refractivity contribution in [2.45, 2.75) is 32.4 Å². The maximum Gasteiger partial charge on any atom is 0.335 e. The van der Waals surface area contributed by atoms with Gasteiger partial charge in [-0.05, 0) is 25.5 Å². The molecule has 1 aromatic heterocycles. The van der Waals surface area contributed by atoms with Crippen LogP contribution in [0.4, 0.5) is 0 Å². The molecule has 0 saturated heterocycles. The predicted molar refractivity (Wildman–Crippen MR) is 75.4 cm³/mol. The van der Waals surface area contributed by atoms with Crippen molar-refractivity contribution in [1.82, 2.24) is 15.6 Å². The van der Waals surface area contributed by atoms with Gasteiger partial charge < -0.3 is 15.7 Å². The number of rotatable bonds is 8. The lowest BCUT2D eigenvalue weighted by Crippen LogP contribution is -2.38. The number of amides is 1. The molecule has 0 aromatic carbocycles. The Morgan fingerprint density at radius 3 is 2.95 bits per heavy atom. The van der Waals surface area contributed by atoms with Crippen LogP contribution in [0.3, 0.4) is 0 Å². The Hall–Kier alpha value is -2.46. The molecular formula is C14H18N4O3. The van der Waals surface area contributed by atoms with Crippen molar-refractivity contribution < 1.29 is 14.7 Å². The van der Waals surface area contributed by atoms with E-state index in [1.807, 2.05) is 13.0 Å². The molecule has 0 aliphatic carbocycles. The summed E-state index contributed by atoms with van der Waals surface area (Å²) in [6.45, 7) is 2.25. The molecule has 3 N–H and O–H groups in total. The van der Waals surface area contributed by atoms with E-state index < -0.39 is 5.97 Å². The van der Waals surface area contributed by atoms with Gasteiger partial charge >= 0.3 is 5.97 Å². The average molecular weight is 290 g/mol. The van der Waals surface area contributed by atoms with Gasteiger partial charge in [-0.15, -0.1) is 0 Å². The van der Waals surface area contributed by atoms with Crippen molar-refractivity contribution in [2.75, 3.05) is 6.54 Å². The fourth-order valence-corrected chi connectivity index (χ4v) is 1.69. The van der Waals surface area contributed by atoms with E-state index in [1.54, 1.807) is 0 Å². The first-order chi connectivity index (χ1) is 10.0. The quantitative estimate of drug-likeness (QED) is 0.648. The Labute approximate surface area is 123 Å². The van der Waals surface area contributed by atoms with Gasteiger partial charge in [0.05, 0.1) is 23.9 Å². The summed E-state index contributed by atoms with van der Waals surface area (Å²) in [5.41, 5.74) is 0.719. The van der Waals surface area contributed by atoms with Crippen molar-refractivity contribution in [3.63, 3.8) is 0 Å². The first-order valence-electron chi connectivity index (χ1n) is 6.58. The highest BCUT2D eigenvalue weighted by atomic mass is 16.4. The molecule has 0 saturated carbocycles. The SMILES string of the molecule is CC(CCC#N)NC(=O)CNCc1cc(C(=O)O)ccn1. The summed E-state index contributed by atoms with van der Waals surface area (Å²) in [5.74, 6) is -1.18. The molecule has 1 heterocycles. The minimum Gasteiger partial charge on any atom is -0.478 e. The first kappa shape index (κ1) is 16.6. The minimum atomic E-state index is -1.01. The zero-order valence-corrected chi connectivity index (χ0v) is 11.8. The van der Waals surface area contributed by atoms with E-state index in [0.29, 0.717) is 25.1 Å². The van der Waals surface area contributed by atoms with Crippen molar-refractivity contribution in [3.05, 3.63) is 29.6 Å². The number of nitriles is 1. The number of pyridine rings is 1. The van der Waals surface area contributed by atoms with Crippen LogP contribution in [0.1, 0.15) is 35.8 Å². The zero-order chi connectivity index (χ0) is 15.7. The van der Waals surface area contributed by atoms with E-state index >= 15 is 0 Å². The van der Waals surface area contributed by atoms with Crippen LogP contribution in [0.25, 0.3) is 0 Å². The van der Waals surface area contributed by atoms with Crippen LogP contribution in [0, 0.1) is 11.3 Å². The maximum atomic E-state index is 11.6. The number of aromatic carboxylic acids is 1. The van der Waals surface area contributed by atoms with Gasteiger partial charge in [0, 0.05) is 25.2 Å². The number of nitrogens with zero attached hydrogens (tertiary/aromatic N) is 2. The van der Waals surface area contributed by atoms with Crippen LogP contribution < -0.4 is 10.6 Å². The number of nitrogens with one attached hydrogen (secondary N) is 2. The van der Waals surface area contributed by atoms with Gasteiger partial charge in [0.1, 0.15) is 0 Å². The average Bonchev–Trinajstić information content (AvgIpc) is 2.45. The molecule has 0 aliphatic rings. The second kappa shape index (κ2) is 8.66. The van der Waals surface area contributed by atoms with Crippen LogP contribution in [-0.2, 0) is 11.3 Å². The Balaban J connectivity index is 2.33. The van der Waals surface area contributed by atoms with E-state index in [0.717, 1.165) is 0 Å². The lowest BCUT2D eigenvalue weighted by atomic mass is 10.2. The molecule has 21 heavy (non-hydrogen) atoms. The molecule has 1 atom stereocenters. The van der Waals surface area contributed by atoms with Crippen LogP contribution in [0.2, 0.25) is 0 Å². The van der Waals surface area contributed by atoms with Crippen molar-refractivity contribution in [1.29, 1.82) is 5.26 Å². The summed E-state index contributed by atoms with van der Waals surface area (Å²) in [4.78, 5) is 26.4. The van der Waals surface area contributed by atoms with Crippen molar-refractivity contribution in [2.24, 2.45) is 0 Å². The summed E-state index contributed by atoms with van der Waals surface area (Å²) in [6, 6.07) is 4.85. The number of hydrogen-bond acceptors (Lipinski definition) is 5. The standard InChI is InChI=1S/C14H18N4O3/c1-10(3-2-5-15)18-13(19)9-16-8-12-7-11(14(20)21)4-6-17-12/h4,6-7,10,16H,2-3,8-9H2,1H3,(H,18,19)(H,20,21). The number of aromatic nitrogens is 1. The van der Waals surface area contributed by atoms with E-state index in [1.165, 1.54) is 18.3 Å². The monoisotopic (exact) mass is 290 g/mol. The molecule has 1 rings (SSSR count). The van der Waals surface area contributed by atoms with Gasteiger partial charge in [0.15, 0.2) is 0 Å². The van der Waals surface area contributed by atoms with Crippen LogP contribution in [-0.4, -0.2) is 34.6 Å². The Bertz CT molecular complexity index is 539.